The van der Waals surface area contributed by atoms with E-state index in [-0.39, 0.29) is 46.5 Å². The maximum atomic E-state index is 6.60. The number of halogens is 2. The van der Waals surface area contributed by atoms with Crippen molar-refractivity contribution in [1.82, 2.24) is 0 Å². The number of unbranched alkanes of at least 4 members (excludes halogenated alkanes) is 1. The molecule has 0 atom stereocenters. The molecule has 0 heterocycles. The summed E-state index contributed by atoms with van der Waals surface area (Å²) in [6, 6.07) is 8.35. The van der Waals surface area contributed by atoms with E-state index in [1.54, 1.807) is 0 Å². The van der Waals surface area contributed by atoms with Crippen molar-refractivity contribution >= 4 is 5.57 Å². The summed E-state index contributed by atoms with van der Waals surface area (Å²) in [5, 5.41) is 0. The molecule has 4 heteroatoms. The van der Waals surface area contributed by atoms with Crippen molar-refractivity contribution in [2.45, 2.75) is 40.0 Å². The standard InChI is InChI=1S/C14H15.C4H10N.2ClH.Ti/c1-10-8-12(3)14(9-10)13-7-5-4-6-11(13)2;1-2-3-4-5;;;/h4-8H,2,9H2,1,3H3;5H,2-4H2,1H3;2*1H;/q2*-1;;;+2/p-2. The van der Waals surface area contributed by atoms with Crippen LogP contribution in [0.3, 0.4) is 0 Å². The zero-order valence-corrected chi connectivity index (χ0v) is 16.8. The van der Waals surface area contributed by atoms with E-state index in [0.717, 1.165) is 24.8 Å². The van der Waals surface area contributed by atoms with Crippen LogP contribution in [-0.4, -0.2) is 6.54 Å². The third-order valence-electron chi connectivity index (χ3n) is 3.27. The monoisotopic (exact) mass is 373 g/mol. The Bertz CT molecular complexity index is 480. The smallest absolute Gasteiger partial charge is 1.00 e. The first kappa shape index (κ1) is 26.7. The van der Waals surface area contributed by atoms with Gasteiger partial charge in [-0.05, 0) is 20.3 Å². The van der Waals surface area contributed by atoms with E-state index in [1.807, 2.05) is 6.07 Å². The van der Waals surface area contributed by atoms with Crippen LogP contribution in [0.25, 0.3) is 11.3 Å². The molecule has 22 heavy (non-hydrogen) atoms. The Kier molecular flexibility index (Phi) is 17.5. The second kappa shape index (κ2) is 14.4. The Morgan fingerprint density at radius 1 is 1.14 bits per heavy atom. The summed E-state index contributed by atoms with van der Waals surface area (Å²) in [6.07, 6.45) is 5.56. The summed E-state index contributed by atoms with van der Waals surface area (Å²) >= 11 is 0. The Balaban J connectivity index is -0.000000401. The molecule has 0 fully saturated rings. The van der Waals surface area contributed by atoms with Crippen LogP contribution in [-0.2, 0) is 21.7 Å². The van der Waals surface area contributed by atoms with E-state index < -0.39 is 0 Å². The van der Waals surface area contributed by atoms with Crippen molar-refractivity contribution in [1.29, 1.82) is 0 Å². The molecule has 0 saturated carbocycles. The Morgan fingerprint density at radius 3 is 2.09 bits per heavy atom. The Labute approximate surface area is 163 Å². The maximum absolute atomic E-state index is 6.60. The molecule has 0 unspecified atom stereocenters. The molecule has 0 aliphatic heterocycles. The summed E-state index contributed by atoms with van der Waals surface area (Å²) in [6.45, 7) is 11.1. The van der Waals surface area contributed by atoms with Gasteiger partial charge in [0.2, 0.25) is 0 Å². The van der Waals surface area contributed by atoms with Crippen molar-refractivity contribution in [3.05, 3.63) is 65.3 Å². The van der Waals surface area contributed by atoms with Gasteiger partial charge in [-0.1, -0.05) is 48.6 Å². The predicted molar refractivity (Wildman–Crippen MR) is 86.0 cm³/mol. The molecule has 1 aliphatic carbocycles. The number of benzene rings is 1. The second-order valence-electron chi connectivity index (χ2n) is 5.09. The van der Waals surface area contributed by atoms with Crippen LogP contribution in [0, 0.1) is 6.92 Å². The van der Waals surface area contributed by atoms with Gasteiger partial charge in [-0.25, -0.2) is 0 Å². The summed E-state index contributed by atoms with van der Waals surface area (Å²) in [5.41, 5.74) is 13.3. The number of hydrogen-bond acceptors (Lipinski definition) is 0. The van der Waals surface area contributed by atoms with Crippen molar-refractivity contribution in [2.24, 2.45) is 0 Å². The SMILES string of the molecule is CCCC[NH-].[CH2-]c1ccccc1C1=C(C)C=C(C)C1.[Cl-].[Cl-].[Ti+2]. The summed E-state index contributed by atoms with van der Waals surface area (Å²) in [4.78, 5) is 0. The average molecular weight is 374 g/mol. The summed E-state index contributed by atoms with van der Waals surface area (Å²) < 4.78 is 0. The van der Waals surface area contributed by atoms with Crippen LogP contribution >= 0.6 is 0 Å². The first-order valence-electron chi connectivity index (χ1n) is 7.03. The molecule has 1 N–H and O–H groups in total. The minimum Gasteiger partial charge on any atom is -1.00 e. The third-order valence-corrected chi connectivity index (χ3v) is 3.27. The number of nitrogens with one attached hydrogen (secondary N) is 1. The van der Waals surface area contributed by atoms with Crippen LogP contribution < -0.4 is 24.8 Å². The van der Waals surface area contributed by atoms with E-state index >= 15 is 0 Å². The van der Waals surface area contributed by atoms with Gasteiger partial charge in [0, 0.05) is 0 Å². The van der Waals surface area contributed by atoms with Crippen molar-refractivity contribution < 1.29 is 46.5 Å². The van der Waals surface area contributed by atoms with Crippen LogP contribution in [0.5, 0.6) is 0 Å². The van der Waals surface area contributed by atoms with E-state index in [2.05, 4.69) is 52.0 Å². The van der Waals surface area contributed by atoms with Gasteiger partial charge < -0.3 is 30.5 Å². The fourth-order valence-corrected chi connectivity index (χ4v) is 2.23. The zero-order valence-electron chi connectivity index (χ0n) is 13.7. The number of allylic oxidation sites excluding steroid dienone is 4. The summed E-state index contributed by atoms with van der Waals surface area (Å²) in [5.74, 6) is 0. The molecule has 0 spiro atoms. The van der Waals surface area contributed by atoms with Gasteiger partial charge in [-0.2, -0.15) is 25.1 Å². The molecule has 1 aromatic rings. The van der Waals surface area contributed by atoms with E-state index in [1.165, 1.54) is 22.3 Å². The first-order chi connectivity index (χ1) is 9.10. The van der Waals surface area contributed by atoms with Gasteiger partial charge in [0.15, 0.2) is 0 Å². The topological polar surface area (TPSA) is 23.8 Å². The Morgan fingerprint density at radius 2 is 1.73 bits per heavy atom. The maximum Gasteiger partial charge on any atom is 2.00 e. The fourth-order valence-electron chi connectivity index (χ4n) is 2.23. The van der Waals surface area contributed by atoms with Crippen molar-refractivity contribution in [2.75, 3.05) is 6.54 Å². The summed E-state index contributed by atoms with van der Waals surface area (Å²) in [7, 11) is 0. The Hall–Kier alpha value is -0.176. The molecule has 1 aromatic carbocycles. The molecule has 122 valence electrons. The third kappa shape index (κ3) is 8.46. The van der Waals surface area contributed by atoms with Gasteiger partial charge >= 0.3 is 21.7 Å². The largest absolute Gasteiger partial charge is 2.00 e. The molecule has 0 radical (unpaired) electrons. The predicted octanol–water partition coefficient (Wildman–Crippen LogP) is -0.164. The van der Waals surface area contributed by atoms with Gasteiger partial charge in [-0.15, -0.1) is 17.7 Å². The van der Waals surface area contributed by atoms with Crippen molar-refractivity contribution in [3.63, 3.8) is 0 Å². The minimum atomic E-state index is 0. The van der Waals surface area contributed by atoms with Crippen LogP contribution in [0.1, 0.15) is 51.2 Å². The van der Waals surface area contributed by atoms with Gasteiger partial charge in [-0.3, -0.25) is 0 Å². The van der Waals surface area contributed by atoms with Crippen molar-refractivity contribution in [3.8, 4) is 0 Å². The molecule has 1 nitrogen and oxygen atoms in total. The minimum absolute atomic E-state index is 0. The number of rotatable bonds is 3. The van der Waals surface area contributed by atoms with E-state index in [9.17, 15) is 0 Å². The van der Waals surface area contributed by atoms with Crippen LogP contribution in [0.4, 0.5) is 0 Å². The van der Waals surface area contributed by atoms with Crippen LogP contribution in [0.15, 0.2) is 41.5 Å². The quantitative estimate of drug-likeness (QED) is 0.519. The molecular weight excluding hydrogens is 349 g/mol. The first-order valence-corrected chi connectivity index (χ1v) is 7.03. The van der Waals surface area contributed by atoms with E-state index in [4.69, 9.17) is 5.73 Å². The van der Waals surface area contributed by atoms with Gasteiger partial charge in [0.25, 0.3) is 0 Å². The average Bonchev–Trinajstić information content (AvgIpc) is 2.71. The zero-order chi connectivity index (χ0) is 14.3. The molecule has 0 aromatic heterocycles. The van der Waals surface area contributed by atoms with Gasteiger partial charge in [0.05, 0.1) is 0 Å². The van der Waals surface area contributed by atoms with Gasteiger partial charge in [0.1, 0.15) is 0 Å². The molecular formula is C18H25Cl2NTi-2. The second-order valence-corrected chi connectivity index (χ2v) is 5.09. The fraction of sp³-hybridized carbons (Fsp3) is 0.389. The van der Waals surface area contributed by atoms with E-state index in [0.29, 0.717) is 6.54 Å². The normalized spacial score (nSPS) is 12.1. The molecule has 0 amide bonds. The number of hydrogen-bond donors (Lipinski definition) is 0. The molecule has 0 saturated heterocycles. The molecule has 1 aliphatic rings. The molecule has 2 rings (SSSR count). The molecule has 0 bridgehead atoms. The van der Waals surface area contributed by atoms with Crippen LogP contribution in [0.2, 0.25) is 0 Å².